The number of hydrogen-bond acceptors (Lipinski definition) is 4. The number of ether oxygens (including phenoxy) is 2. The molecule has 6 nitrogen and oxygen atoms in total. The molecule has 1 aliphatic rings. The van der Waals surface area contributed by atoms with Gasteiger partial charge in [0.05, 0.1) is 12.3 Å². The third-order valence-electron chi connectivity index (χ3n) is 3.83. The molecule has 0 spiro atoms. The Morgan fingerprint density at radius 2 is 1.92 bits per heavy atom. The first-order valence-corrected chi connectivity index (χ1v) is 8.08. The van der Waals surface area contributed by atoms with Crippen LogP contribution in [0.1, 0.15) is 31.1 Å². The monoisotopic (exact) mass is 340 g/mol. The molecule has 0 aromatic heterocycles. The lowest BCUT2D eigenvalue weighted by molar-refractivity contribution is -0.129. The summed E-state index contributed by atoms with van der Waals surface area (Å²) >= 11 is 0. The molecule has 0 fully saturated rings. The molecule has 0 atom stereocenters. The summed E-state index contributed by atoms with van der Waals surface area (Å²) in [5.41, 5.74) is 0.706. The SMILES string of the molecule is CCOc1ccc(C(=O)Nc2ccc3c(c2)NC(=O)C(C)(C)O3)cc1. The Labute approximate surface area is 146 Å². The fraction of sp³-hybridized carbons (Fsp3) is 0.263. The largest absolute Gasteiger partial charge is 0.494 e. The van der Waals surface area contributed by atoms with Gasteiger partial charge in [0.15, 0.2) is 5.60 Å². The van der Waals surface area contributed by atoms with Gasteiger partial charge in [-0.25, -0.2) is 0 Å². The topological polar surface area (TPSA) is 76.7 Å². The van der Waals surface area contributed by atoms with Crippen LogP contribution in [0.3, 0.4) is 0 Å². The normalized spacial score (nSPS) is 14.8. The molecule has 0 saturated heterocycles. The van der Waals surface area contributed by atoms with Crippen LogP contribution in [-0.4, -0.2) is 24.0 Å². The minimum Gasteiger partial charge on any atom is -0.494 e. The second kappa shape index (κ2) is 6.47. The molecular formula is C19H20N2O4. The van der Waals surface area contributed by atoms with Crippen molar-refractivity contribution in [2.24, 2.45) is 0 Å². The van der Waals surface area contributed by atoms with Crippen LogP contribution in [0.15, 0.2) is 42.5 Å². The van der Waals surface area contributed by atoms with Gasteiger partial charge in [-0.2, -0.15) is 0 Å². The van der Waals surface area contributed by atoms with Crippen LogP contribution in [0, 0.1) is 0 Å². The highest BCUT2D eigenvalue weighted by Gasteiger charge is 2.35. The minimum atomic E-state index is -0.917. The quantitative estimate of drug-likeness (QED) is 0.894. The number of carbonyl (C=O) groups is 2. The molecule has 0 bridgehead atoms. The summed E-state index contributed by atoms with van der Waals surface area (Å²) in [6.45, 7) is 5.88. The Kier molecular flexibility index (Phi) is 4.35. The Balaban J connectivity index is 1.74. The second-order valence-electron chi connectivity index (χ2n) is 6.19. The van der Waals surface area contributed by atoms with Crippen LogP contribution in [0.4, 0.5) is 11.4 Å². The van der Waals surface area contributed by atoms with Crippen molar-refractivity contribution >= 4 is 23.2 Å². The molecule has 2 aromatic carbocycles. The molecule has 2 amide bonds. The Morgan fingerprint density at radius 3 is 2.60 bits per heavy atom. The molecule has 130 valence electrons. The van der Waals surface area contributed by atoms with E-state index in [9.17, 15) is 9.59 Å². The van der Waals surface area contributed by atoms with Gasteiger partial charge in [-0.1, -0.05) is 0 Å². The van der Waals surface area contributed by atoms with E-state index in [4.69, 9.17) is 9.47 Å². The van der Waals surface area contributed by atoms with E-state index in [0.29, 0.717) is 29.3 Å². The van der Waals surface area contributed by atoms with E-state index in [-0.39, 0.29) is 11.8 Å². The molecule has 1 heterocycles. The lowest BCUT2D eigenvalue weighted by Crippen LogP contribution is -2.45. The molecule has 2 aromatic rings. The Morgan fingerprint density at radius 1 is 1.20 bits per heavy atom. The Bertz CT molecular complexity index is 813. The van der Waals surface area contributed by atoms with E-state index >= 15 is 0 Å². The molecule has 25 heavy (non-hydrogen) atoms. The van der Waals surface area contributed by atoms with Crippen molar-refractivity contribution in [1.29, 1.82) is 0 Å². The van der Waals surface area contributed by atoms with E-state index in [1.54, 1.807) is 56.3 Å². The van der Waals surface area contributed by atoms with Gasteiger partial charge in [0, 0.05) is 11.3 Å². The van der Waals surface area contributed by atoms with Gasteiger partial charge >= 0.3 is 0 Å². The third-order valence-corrected chi connectivity index (χ3v) is 3.83. The number of anilines is 2. The first kappa shape index (κ1) is 16.8. The summed E-state index contributed by atoms with van der Waals surface area (Å²) in [5.74, 6) is 0.820. The van der Waals surface area contributed by atoms with Gasteiger partial charge in [0.2, 0.25) is 0 Å². The number of hydrogen-bond donors (Lipinski definition) is 2. The van der Waals surface area contributed by atoms with Crippen LogP contribution in [0.2, 0.25) is 0 Å². The maximum absolute atomic E-state index is 12.3. The molecule has 3 rings (SSSR count). The maximum atomic E-state index is 12.3. The summed E-state index contributed by atoms with van der Waals surface area (Å²) in [6.07, 6.45) is 0. The number of fused-ring (bicyclic) bond motifs is 1. The summed E-state index contributed by atoms with van der Waals surface area (Å²) < 4.78 is 11.0. The zero-order valence-corrected chi connectivity index (χ0v) is 14.4. The smallest absolute Gasteiger partial charge is 0.268 e. The molecule has 0 unspecified atom stereocenters. The average Bonchev–Trinajstić information content (AvgIpc) is 2.57. The van der Waals surface area contributed by atoms with Crippen molar-refractivity contribution in [3.63, 3.8) is 0 Å². The zero-order valence-electron chi connectivity index (χ0n) is 14.4. The predicted octanol–water partition coefficient (Wildman–Crippen LogP) is 3.45. The molecule has 2 N–H and O–H groups in total. The Hall–Kier alpha value is -3.02. The number of nitrogens with one attached hydrogen (secondary N) is 2. The number of carbonyl (C=O) groups excluding carboxylic acids is 2. The van der Waals surface area contributed by atoms with E-state index in [1.165, 1.54) is 0 Å². The summed E-state index contributed by atoms with van der Waals surface area (Å²) in [6, 6.07) is 12.0. The minimum absolute atomic E-state index is 0.227. The van der Waals surface area contributed by atoms with Crippen LogP contribution in [-0.2, 0) is 4.79 Å². The first-order valence-electron chi connectivity index (χ1n) is 8.08. The van der Waals surface area contributed by atoms with Crippen molar-refractivity contribution in [3.8, 4) is 11.5 Å². The lowest BCUT2D eigenvalue weighted by Gasteiger charge is -2.31. The summed E-state index contributed by atoms with van der Waals surface area (Å²) in [5, 5.41) is 5.60. The van der Waals surface area contributed by atoms with Crippen molar-refractivity contribution in [2.75, 3.05) is 17.2 Å². The van der Waals surface area contributed by atoms with Gasteiger partial charge in [-0.3, -0.25) is 9.59 Å². The first-order chi connectivity index (χ1) is 11.9. The number of benzene rings is 2. The maximum Gasteiger partial charge on any atom is 0.268 e. The highest BCUT2D eigenvalue weighted by molar-refractivity contribution is 6.05. The van der Waals surface area contributed by atoms with Gasteiger partial charge in [0.1, 0.15) is 11.5 Å². The van der Waals surface area contributed by atoms with Gasteiger partial charge < -0.3 is 20.1 Å². The summed E-state index contributed by atoms with van der Waals surface area (Å²) in [4.78, 5) is 24.3. The highest BCUT2D eigenvalue weighted by atomic mass is 16.5. The van der Waals surface area contributed by atoms with E-state index in [2.05, 4.69) is 10.6 Å². The second-order valence-corrected chi connectivity index (χ2v) is 6.19. The van der Waals surface area contributed by atoms with Crippen molar-refractivity contribution in [1.82, 2.24) is 0 Å². The van der Waals surface area contributed by atoms with Crippen LogP contribution in [0.25, 0.3) is 0 Å². The molecule has 1 aliphatic heterocycles. The fourth-order valence-electron chi connectivity index (χ4n) is 2.46. The lowest BCUT2D eigenvalue weighted by atomic mass is 10.1. The van der Waals surface area contributed by atoms with Crippen molar-refractivity contribution < 1.29 is 19.1 Å². The highest BCUT2D eigenvalue weighted by Crippen LogP contribution is 2.35. The predicted molar refractivity (Wildman–Crippen MR) is 95.3 cm³/mol. The molecule has 0 radical (unpaired) electrons. The average molecular weight is 340 g/mol. The molecular weight excluding hydrogens is 320 g/mol. The standard InChI is InChI=1S/C19H20N2O4/c1-4-24-14-8-5-12(6-9-14)17(22)20-13-7-10-16-15(11-13)21-18(23)19(2,3)25-16/h5-11H,4H2,1-3H3,(H,20,22)(H,21,23). The van der Waals surface area contributed by atoms with Gasteiger partial charge in [-0.15, -0.1) is 0 Å². The van der Waals surface area contributed by atoms with Crippen LogP contribution in [0.5, 0.6) is 11.5 Å². The summed E-state index contributed by atoms with van der Waals surface area (Å²) in [7, 11) is 0. The molecule has 0 aliphatic carbocycles. The number of rotatable bonds is 4. The van der Waals surface area contributed by atoms with Crippen molar-refractivity contribution in [2.45, 2.75) is 26.4 Å². The molecule has 0 saturated carbocycles. The van der Waals surface area contributed by atoms with E-state index in [0.717, 1.165) is 5.75 Å². The fourth-order valence-corrected chi connectivity index (χ4v) is 2.46. The van der Waals surface area contributed by atoms with E-state index in [1.807, 2.05) is 6.92 Å². The van der Waals surface area contributed by atoms with Gasteiger partial charge in [-0.05, 0) is 63.2 Å². The van der Waals surface area contributed by atoms with Crippen molar-refractivity contribution in [3.05, 3.63) is 48.0 Å². The van der Waals surface area contributed by atoms with Gasteiger partial charge in [0.25, 0.3) is 11.8 Å². The zero-order chi connectivity index (χ0) is 18.0. The third kappa shape index (κ3) is 3.57. The van der Waals surface area contributed by atoms with Crippen LogP contribution >= 0.6 is 0 Å². The van der Waals surface area contributed by atoms with E-state index < -0.39 is 5.60 Å². The molecule has 6 heteroatoms. The number of amides is 2. The van der Waals surface area contributed by atoms with Crippen LogP contribution < -0.4 is 20.1 Å².